The van der Waals surface area contributed by atoms with Gasteiger partial charge in [0.1, 0.15) is 0 Å². The molecule has 2 heterocycles. The molecule has 0 saturated heterocycles. The van der Waals surface area contributed by atoms with E-state index in [0.29, 0.717) is 24.9 Å². The van der Waals surface area contributed by atoms with Gasteiger partial charge in [0, 0.05) is 49.6 Å². The Bertz CT molecular complexity index is 823. The first kappa shape index (κ1) is 16.2. The molecule has 6 heteroatoms. The average molecular weight is 326 g/mol. The number of nitrogens with zero attached hydrogens (tertiary/aromatic N) is 3. The first-order valence-corrected chi connectivity index (χ1v) is 8.05. The van der Waals surface area contributed by atoms with Gasteiger partial charge in [-0.05, 0) is 44.0 Å². The fourth-order valence-corrected chi connectivity index (χ4v) is 3.14. The summed E-state index contributed by atoms with van der Waals surface area (Å²) < 4.78 is 1.82. The molecular formula is C18H22N4O2. The molecule has 0 spiro atoms. The third-order valence-electron chi connectivity index (χ3n) is 4.77. The first-order valence-electron chi connectivity index (χ1n) is 8.05. The van der Waals surface area contributed by atoms with E-state index in [-0.39, 0.29) is 11.8 Å². The molecule has 2 amide bonds. The van der Waals surface area contributed by atoms with Crippen molar-refractivity contribution in [2.24, 2.45) is 7.05 Å². The van der Waals surface area contributed by atoms with Crippen LogP contribution in [-0.2, 0) is 24.8 Å². The van der Waals surface area contributed by atoms with Gasteiger partial charge >= 0.3 is 0 Å². The van der Waals surface area contributed by atoms with Crippen molar-refractivity contribution in [1.82, 2.24) is 15.1 Å². The first-order chi connectivity index (χ1) is 11.4. The smallest absolute Gasteiger partial charge is 0.251 e. The van der Waals surface area contributed by atoms with Crippen LogP contribution in [0.2, 0.25) is 0 Å². The molecule has 0 fully saturated rings. The molecule has 1 aromatic heterocycles. The highest BCUT2D eigenvalue weighted by Crippen LogP contribution is 2.27. The van der Waals surface area contributed by atoms with Crippen LogP contribution in [0.25, 0.3) is 0 Å². The van der Waals surface area contributed by atoms with Crippen LogP contribution < -0.4 is 10.2 Å². The fraction of sp³-hybridized carbons (Fsp3) is 0.389. The summed E-state index contributed by atoms with van der Waals surface area (Å²) >= 11 is 0. The summed E-state index contributed by atoms with van der Waals surface area (Å²) in [4.78, 5) is 25.9. The molecule has 0 bridgehead atoms. The van der Waals surface area contributed by atoms with E-state index in [4.69, 9.17) is 0 Å². The summed E-state index contributed by atoms with van der Waals surface area (Å²) in [7, 11) is 3.67. The van der Waals surface area contributed by atoms with E-state index in [1.807, 2.05) is 37.7 Å². The maximum Gasteiger partial charge on any atom is 0.251 e. The number of benzene rings is 1. The molecule has 126 valence electrons. The summed E-state index contributed by atoms with van der Waals surface area (Å²) in [6.07, 6.45) is 1.17. The van der Waals surface area contributed by atoms with Crippen LogP contribution in [-0.4, -0.2) is 28.6 Å². The molecule has 6 nitrogen and oxygen atoms in total. The van der Waals surface area contributed by atoms with Crippen LogP contribution in [0.4, 0.5) is 5.69 Å². The topological polar surface area (TPSA) is 67.2 Å². The molecule has 3 rings (SSSR count). The number of rotatable bonds is 3. The van der Waals surface area contributed by atoms with Gasteiger partial charge in [0.2, 0.25) is 5.91 Å². The monoisotopic (exact) mass is 326 g/mol. The van der Waals surface area contributed by atoms with Gasteiger partial charge in [-0.15, -0.1) is 0 Å². The van der Waals surface area contributed by atoms with Crippen molar-refractivity contribution in [2.75, 3.05) is 11.9 Å². The van der Waals surface area contributed by atoms with Crippen molar-refractivity contribution in [2.45, 2.75) is 33.2 Å². The van der Waals surface area contributed by atoms with Gasteiger partial charge in [0.15, 0.2) is 0 Å². The van der Waals surface area contributed by atoms with Gasteiger partial charge in [0.05, 0.1) is 5.69 Å². The number of aryl methyl sites for hydroxylation is 3. The van der Waals surface area contributed by atoms with Crippen LogP contribution >= 0.6 is 0 Å². The minimum absolute atomic E-state index is 0.111. The minimum Gasteiger partial charge on any atom is -0.348 e. The standard InChI is InChI=1S/C18H22N4O2/c1-11-15(12(2)22(4)20-11)10-19-18(24)14-5-7-16-13(9-14)6-8-17(23)21(16)3/h5,7,9H,6,8,10H2,1-4H3,(H,19,24). The second kappa shape index (κ2) is 6.11. The molecule has 24 heavy (non-hydrogen) atoms. The molecular weight excluding hydrogens is 304 g/mol. The van der Waals surface area contributed by atoms with Crippen molar-refractivity contribution in [3.8, 4) is 0 Å². The third kappa shape index (κ3) is 2.79. The van der Waals surface area contributed by atoms with Crippen LogP contribution in [0.5, 0.6) is 0 Å². The van der Waals surface area contributed by atoms with Gasteiger partial charge < -0.3 is 10.2 Å². The van der Waals surface area contributed by atoms with E-state index in [9.17, 15) is 9.59 Å². The van der Waals surface area contributed by atoms with E-state index in [2.05, 4.69) is 10.4 Å². The third-order valence-corrected chi connectivity index (χ3v) is 4.77. The molecule has 0 saturated carbocycles. The predicted octanol–water partition coefficient (Wildman–Crippen LogP) is 1.88. The Morgan fingerprint density at radius 3 is 2.67 bits per heavy atom. The summed E-state index contributed by atoms with van der Waals surface area (Å²) in [5.74, 6) is 0.00207. The lowest BCUT2D eigenvalue weighted by atomic mass is 9.99. The molecule has 1 aliphatic heterocycles. The number of anilines is 1. The quantitative estimate of drug-likeness (QED) is 0.936. The molecule has 1 N–H and O–H groups in total. The number of hydrogen-bond acceptors (Lipinski definition) is 3. The number of carbonyl (C=O) groups excluding carboxylic acids is 2. The summed E-state index contributed by atoms with van der Waals surface area (Å²) in [5, 5.41) is 7.33. The van der Waals surface area contributed by atoms with E-state index in [1.165, 1.54) is 0 Å². The molecule has 0 aliphatic carbocycles. The van der Waals surface area contributed by atoms with Gasteiger partial charge in [-0.1, -0.05) is 0 Å². The van der Waals surface area contributed by atoms with Gasteiger partial charge in [-0.2, -0.15) is 5.10 Å². The number of carbonyl (C=O) groups is 2. The zero-order chi connectivity index (χ0) is 17.4. The normalized spacial score (nSPS) is 13.8. The molecule has 1 aliphatic rings. The zero-order valence-corrected chi connectivity index (χ0v) is 14.5. The van der Waals surface area contributed by atoms with E-state index in [1.54, 1.807) is 18.0 Å². The maximum absolute atomic E-state index is 12.5. The highest BCUT2D eigenvalue weighted by atomic mass is 16.2. The molecule has 0 atom stereocenters. The van der Waals surface area contributed by atoms with E-state index in [0.717, 1.165) is 28.2 Å². The Balaban J connectivity index is 1.75. The summed E-state index contributed by atoms with van der Waals surface area (Å²) in [6.45, 7) is 4.40. The second-order valence-corrected chi connectivity index (χ2v) is 6.25. The lowest BCUT2D eigenvalue weighted by Gasteiger charge is -2.26. The lowest BCUT2D eigenvalue weighted by Crippen LogP contribution is -2.31. The van der Waals surface area contributed by atoms with Crippen LogP contribution in [0.15, 0.2) is 18.2 Å². The number of aromatic nitrogens is 2. The van der Waals surface area contributed by atoms with Crippen molar-refractivity contribution in [1.29, 1.82) is 0 Å². The highest BCUT2D eigenvalue weighted by molar-refractivity contribution is 5.98. The van der Waals surface area contributed by atoms with Gasteiger partial charge in [-0.3, -0.25) is 14.3 Å². The van der Waals surface area contributed by atoms with Crippen molar-refractivity contribution < 1.29 is 9.59 Å². The minimum atomic E-state index is -0.111. The van der Waals surface area contributed by atoms with Gasteiger partial charge in [0.25, 0.3) is 5.91 Å². The molecule has 0 radical (unpaired) electrons. The van der Waals surface area contributed by atoms with Crippen molar-refractivity contribution in [3.63, 3.8) is 0 Å². The Morgan fingerprint density at radius 1 is 1.25 bits per heavy atom. The van der Waals surface area contributed by atoms with Crippen LogP contribution in [0.3, 0.4) is 0 Å². The van der Waals surface area contributed by atoms with E-state index >= 15 is 0 Å². The molecule has 1 aromatic carbocycles. The SMILES string of the molecule is Cc1nn(C)c(C)c1CNC(=O)c1ccc2c(c1)CCC(=O)N2C. The number of fused-ring (bicyclic) bond motifs is 1. The number of nitrogens with one attached hydrogen (secondary N) is 1. The fourth-order valence-electron chi connectivity index (χ4n) is 3.14. The number of hydrogen-bond donors (Lipinski definition) is 1. The largest absolute Gasteiger partial charge is 0.348 e. The average Bonchev–Trinajstić information content (AvgIpc) is 2.81. The Hall–Kier alpha value is -2.63. The van der Waals surface area contributed by atoms with Crippen LogP contribution in [0, 0.1) is 13.8 Å². The second-order valence-electron chi connectivity index (χ2n) is 6.25. The maximum atomic E-state index is 12.5. The van der Waals surface area contributed by atoms with Crippen molar-refractivity contribution >= 4 is 17.5 Å². The van der Waals surface area contributed by atoms with Gasteiger partial charge in [-0.25, -0.2) is 0 Å². The lowest BCUT2D eigenvalue weighted by molar-refractivity contribution is -0.118. The number of amides is 2. The Labute approximate surface area is 141 Å². The molecule has 0 unspecified atom stereocenters. The van der Waals surface area contributed by atoms with Crippen molar-refractivity contribution in [3.05, 3.63) is 46.3 Å². The summed E-state index contributed by atoms with van der Waals surface area (Å²) in [6, 6.07) is 5.50. The predicted molar refractivity (Wildman–Crippen MR) is 92.0 cm³/mol. The molecule has 2 aromatic rings. The van der Waals surface area contributed by atoms with E-state index < -0.39 is 0 Å². The summed E-state index contributed by atoms with van der Waals surface area (Å²) in [5.41, 5.74) is 5.59. The highest BCUT2D eigenvalue weighted by Gasteiger charge is 2.22. The zero-order valence-electron chi connectivity index (χ0n) is 14.5. The van der Waals surface area contributed by atoms with Crippen LogP contribution in [0.1, 0.15) is 39.3 Å². The Morgan fingerprint density at radius 2 is 2.00 bits per heavy atom. The Kier molecular flexibility index (Phi) is 4.13.